The van der Waals surface area contributed by atoms with Crippen LogP contribution in [0.2, 0.25) is 5.02 Å². The molecule has 30 heavy (non-hydrogen) atoms. The third kappa shape index (κ3) is 5.36. The van der Waals surface area contributed by atoms with Gasteiger partial charge in [0.25, 0.3) is 5.91 Å². The molecule has 0 spiro atoms. The first-order valence-corrected chi connectivity index (χ1v) is 10.8. The number of amides is 1. The Morgan fingerprint density at radius 3 is 2.23 bits per heavy atom. The van der Waals surface area contributed by atoms with Gasteiger partial charge in [-0.2, -0.15) is 0 Å². The van der Waals surface area contributed by atoms with Gasteiger partial charge in [-0.1, -0.05) is 55.1 Å². The van der Waals surface area contributed by atoms with Gasteiger partial charge in [-0.3, -0.25) is 4.79 Å². The molecule has 1 fully saturated rings. The predicted molar refractivity (Wildman–Crippen MR) is 121 cm³/mol. The van der Waals surface area contributed by atoms with Gasteiger partial charge in [0.05, 0.1) is 0 Å². The molecule has 1 aromatic heterocycles. The monoisotopic (exact) mass is 420 g/mol. The highest BCUT2D eigenvalue weighted by molar-refractivity contribution is 6.30. The van der Waals surface area contributed by atoms with Gasteiger partial charge < -0.3 is 10.6 Å². The maximum Gasteiger partial charge on any atom is 0.251 e. The summed E-state index contributed by atoms with van der Waals surface area (Å²) >= 11 is 5.89. The summed E-state index contributed by atoms with van der Waals surface area (Å²) in [5.74, 6) is 0.573. The van der Waals surface area contributed by atoms with Gasteiger partial charge in [0.1, 0.15) is 0 Å². The Kier molecular flexibility index (Phi) is 6.60. The number of hydrogen-bond acceptors (Lipinski definition) is 4. The number of anilines is 1. The number of hydrogen-bond donors (Lipinski definition) is 2. The number of carbonyl (C=O) groups excluding carboxylic acids is 1. The van der Waals surface area contributed by atoms with Crippen molar-refractivity contribution in [3.63, 3.8) is 0 Å². The quantitative estimate of drug-likeness (QED) is 0.554. The van der Waals surface area contributed by atoms with Crippen molar-refractivity contribution in [3.8, 4) is 11.1 Å². The van der Waals surface area contributed by atoms with Crippen molar-refractivity contribution in [1.29, 1.82) is 0 Å². The van der Waals surface area contributed by atoms with Crippen molar-refractivity contribution >= 4 is 23.5 Å². The largest absolute Gasteiger partial charge is 0.351 e. The lowest BCUT2D eigenvalue weighted by Gasteiger charge is -2.22. The van der Waals surface area contributed by atoms with Crippen LogP contribution in [0.5, 0.6) is 0 Å². The van der Waals surface area contributed by atoms with E-state index in [1.807, 2.05) is 60.9 Å². The molecule has 5 nitrogen and oxygen atoms in total. The number of halogens is 1. The molecule has 1 aliphatic rings. The van der Waals surface area contributed by atoms with E-state index in [4.69, 9.17) is 11.6 Å². The van der Waals surface area contributed by atoms with Crippen LogP contribution in [-0.2, 0) is 6.54 Å². The van der Waals surface area contributed by atoms with Crippen LogP contribution in [0.4, 0.5) is 5.95 Å². The first-order valence-electron chi connectivity index (χ1n) is 10.4. The van der Waals surface area contributed by atoms with E-state index in [0.717, 1.165) is 16.7 Å². The van der Waals surface area contributed by atoms with Crippen molar-refractivity contribution < 1.29 is 4.79 Å². The highest BCUT2D eigenvalue weighted by atomic mass is 35.5. The molecule has 1 heterocycles. The zero-order valence-corrected chi connectivity index (χ0v) is 17.5. The Hall–Kier alpha value is -2.92. The average Bonchev–Trinajstić information content (AvgIpc) is 2.80. The van der Waals surface area contributed by atoms with Gasteiger partial charge in [-0.25, -0.2) is 9.97 Å². The molecule has 3 aromatic rings. The summed E-state index contributed by atoms with van der Waals surface area (Å²) < 4.78 is 0. The van der Waals surface area contributed by atoms with E-state index in [1.54, 1.807) is 0 Å². The molecule has 2 N–H and O–H groups in total. The lowest BCUT2D eigenvalue weighted by Crippen LogP contribution is -2.23. The molecule has 1 saturated carbocycles. The molecule has 0 bridgehead atoms. The fourth-order valence-electron chi connectivity index (χ4n) is 3.68. The summed E-state index contributed by atoms with van der Waals surface area (Å²) in [6.45, 7) is 0.459. The normalized spacial score (nSPS) is 14.3. The highest BCUT2D eigenvalue weighted by Gasteiger charge is 2.14. The van der Waals surface area contributed by atoms with E-state index in [2.05, 4.69) is 20.6 Å². The molecular weight excluding hydrogens is 396 g/mol. The fourth-order valence-corrected chi connectivity index (χ4v) is 3.81. The number of benzene rings is 2. The first kappa shape index (κ1) is 20.4. The smallest absolute Gasteiger partial charge is 0.251 e. The molecular formula is C24H25ClN4O. The first-order chi connectivity index (χ1) is 14.7. The molecule has 1 aliphatic carbocycles. The van der Waals surface area contributed by atoms with Crippen LogP contribution >= 0.6 is 11.6 Å². The maximum absolute atomic E-state index is 12.4. The number of nitrogens with zero attached hydrogens (tertiary/aromatic N) is 2. The fraction of sp³-hybridized carbons (Fsp3) is 0.292. The van der Waals surface area contributed by atoms with Crippen molar-refractivity contribution in [3.05, 3.63) is 77.1 Å². The minimum Gasteiger partial charge on any atom is -0.351 e. The Bertz CT molecular complexity index is 966. The molecule has 154 valence electrons. The van der Waals surface area contributed by atoms with Gasteiger partial charge in [0.15, 0.2) is 0 Å². The molecule has 0 atom stereocenters. The van der Waals surface area contributed by atoms with E-state index in [-0.39, 0.29) is 5.91 Å². The molecule has 6 heteroatoms. The molecule has 1 amide bonds. The van der Waals surface area contributed by atoms with Crippen LogP contribution < -0.4 is 10.6 Å². The Morgan fingerprint density at radius 1 is 0.900 bits per heavy atom. The predicted octanol–water partition coefficient (Wildman–Crippen LogP) is 5.47. The molecule has 0 aliphatic heterocycles. The molecule has 0 radical (unpaired) electrons. The van der Waals surface area contributed by atoms with Crippen LogP contribution in [0.25, 0.3) is 11.1 Å². The topological polar surface area (TPSA) is 66.9 Å². The Morgan fingerprint density at radius 2 is 1.57 bits per heavy atom. The molecule has 2 aromatic carbocycles. The lowest BCUT2D eigenvalue weighted by atomic mass is 9.96. The SMILES string of the molecule is O=C(NCc1ccc(Cl)cc1)c1ccc(-c2cnc(NC3CCCCC3)nc2)cc1. The number of rotatable bonds is 6. The van der Waals surface area contributed by atoms with Crippen molar-refractivity contribution in [2.45, 2.75) is 44.7 Å². The summed E-state index contributed by atoms with van der Waals surface area (Å²) in [5, 5.41) is 7.04. The van der Waals surface area contributed by atoms with E-state index < -0.39 is 0 Å². The van der Waals surface area contributed by atoms with Gasteiger partial charge in [-0.15, -0.1) is 0 Å². The van der Waals surface area contributed by atoms with Crippen LogP contribution in [0, 0.1) is 0 Å². The van der Waals surface area contributed by atoms with Gasteiger partial charge >= 0.3 is 0 Å². The van der Waals surface area contributed by atoms with Crippen LogP contribution in [-0.4, -0.2) is 21.9 Å². The second-order valence-corrected chi connectivity index (χ2v) is 8.10. The van der Waals surface area contributed by atoms with Crippen LogP contribution in [0.3, 0.4) is 0 Å². The second kappa shape index (κ2) is 9.72. The zero-order chi connectivity index (χ0) is 20.8. The van der Waals surface area contributed by atoms with Crippen molar-refractivity contribution in [2.24, 2.45) is 0 Å². The molecule has 0 saturated heterocycles. The number of carbonyl (C=O) groups is 1. The molecule has 0 unspecified atom stereocenters. The zero-order valence-electron chi connectivity index (χ0n) is 16.8. The van der Waals surface area contributed by atoms with Gasteiger partial charge in [-0.05, 0) is 48.2 Å². The summed E-state index contributed by atoms with van der Waals surface area (Å²) in [6, 6.07) is 15.4. The highest BCUT2D eigenvalue weighted by Crippen LogP contribution is 2.22. The summed E-state index contributed by atoms with van der Waals surface area (Å²) in [7, 11) is 0. The summed E-state index contributed by atoms with van der Waals surface area (Å²) in [5.41, 5.74) is 3.53. The van der Waals surface area contributed by atoms with E-state index in [0.29, 0.717) is 29.1 Å². The van der Waals surface area contributed by atoms with Crippen LogP contribution in [0.1, 0.15) is 48.0 Å². The second-order valence-electron chi connectivity index (χ2n) is 7.66. The summed E-state index contributed by atoms with van der Waals surface area (Å²) in [4.78, 5) is 21.3. The van der Waals surface area contributed by atoms with E-state index in [1.165, 1.54) is 32.1 Å². The van der Waals surface area contributed by atoms with Crippen molar-refractivity contribution in [2.75, 3.05) is 5.32 Å². The maximum atomic E-state index is 12.4. The third-order valence-corrected chi connectivity index (χ3v) is 5.69. The lowest BCUT2D eigenvalue weighted by molar-refractivity contribution is 0.0951. The minimum absolute atomic E-state index is 0.111. The molecule has 4 rings (SSSR count). The Labute approximate surface area is 181 Å². The average molecular weight is 421 g/mol. The number of aromatic nitrogens is 2. The van der Waals surface area contributed by atoms with E-state index >= 15 is 0 Å². The standard InChI is InChI=1S/C24H25ClN4O/c25-21-12-6-17(7-13-21)14-26-23(30)19-10-8-18(9-11-19)20-15-27-24(28-16-20)29-22-4-2-1-3-5-22/h6-13,15-16,22H,1-5,14H2,(H,26,30)(H,27,28,29). The third-order valence-electron chi connectivity index (χ3n) is 5.44. The Balaban J connectivity index is 1.34. The number of nitrogens with one attached hydrogen (secondary N) is 2. The van der Waals surface area contributed by atoms with E-state index in [9.17, 15) is 4.79 Å². The minimum atomic E-state index is -0.111. The van der Waals surface area contributed by atoms with Gasteiger partial charge in [0, 0.05) is 41.1 Å². The van der Waals surface area contributed by atoms with Crippen LogP contribution in [0.15, 0.2) is 60.9 Å². The van der Waals surface area contributed by atoms with Gasteiger partial charge in [0.2, 0.25) is 5.95 Å². The summed E-state index contributed by atoms with van der Waals surface area (Å²) in [6.07, 6.45) is 9.90. The van der Waals surface area contributed by atoms with Crippen molar-refractivity contribution in [1.82, 2.24) is 15.3 Å².